The van der Waals surface area contributed by atoms with Gasteiger partial charge in [0.25, 0.3) is 0 Å². The van der Waals surface area contributed by atoms with Crippen LogP contribution in [-0.4, -0.2) is 24.5 Å². The lowest BCUT2D eigenvalue weighted by Gasteiger charge is -2.15. The topological polar surface area (TPSA) is 105 Å². The second kappa shape index (κ2) is 9.21. The summed E-state index contributed by atoms with van der Waals surface area (Å²) in [7, 11) is 0. The lowest BCUT2D eigenvalue weighted by atomic mass is 10.0. The molecule has 0 radical (unpaired) electrons. The fraction of sp³-hybridized carbons (Fsp3) is 0.211. The van der Waals surface area contributed by atoms with Gasteiger partial charge in [-0.1, -0.05) is 42.5 Å². The standard InChI is InChI=1S/C19H19N3O3/c20-11-15-8-6-14(7-9-15)10-17(19(21)24)22-18(23)13-25-12-16-4-2-1-3-5-16/h1-9,17H,10,12-13H2,(H2,21,24)(H,22,23)/t17-/m0/s1. The zero-order valence-electron chi connectivity index (χ0n) is 13.6. The second-order valence-corrected chi connectivity index (χ2v) is 5.51. The molecule has 0 unspecified atom stereocenters. The van der Waals surface area contributed by atoms with Crippen molar-refractivity contribution in [1.82, 2.24) is 5.32 Å². The van der Waals surface area contributed by atoms with Gasteiger partial charge in [-0.25, -0.2) is 0 Å². The highest BCUT2D eigenvalue weighted by molar-refractivity contribution is 5.87. The van der Waals surface area contributed by atoms with E-state index in [-0.39, 0.29) is 13.0 Å². The van der Waals surface area contributed by atoms with Gasteiger partial charge in [-0.15, -0.1) is 0 Å². The molecule has 2 rings (SSSR count). The SMILES string of the molecule is N#Cc1ccc(C[C@H](NC(=O)COCc2ccccc2)C(N)=O)cc1. The number of nitrogens with one attached hydrogen (secondary N) is 1. The Hall–Kier alpha value is -3.17. The first-order valence-electron chi connectivity index (χ1n) is 7.78. The molecule has 2 aromatic carbocycles. The van der Waals surface area contributed by atoms with Gasteiger partial charge in [0.15, 0.2) is 0 Å². The summed E-state index contributed by atoms with van der Waals surface area (Å²) in [5.41, 5.74) is 7.64. The van der Waals surface area contributed by atoms with Crippen molar-refractivity contribution in [3.8, 4) is 6.07 Å². The molecule has 0 spiro atoms. The largest absolute Gasteiger partial charge is 0.368 e. The molecule has 3 N–H and O–H groups in total. The highest BCUT2D eigenvalue weighted by atomic mass is 16.5. The molecular formula is C19H19N3O3. The minimum Gasteiger partial charge on any atom is -0.368 e. The monoisotopic (exact) mass is 337 g/mol. The number of benzene rings is 2. The van der Waals surface area contributed by atoms with Crippen molar-refractivity contribution in [3.05, 3.63) is 71.3 Å². The zero-order valence-corrected chi connectivity index (χ0v) is 13.6. The summed E-state index contributed by atoms with van der Waals surface area (Å²) < 4.78 is 5.34. The van der Waals surface area contributed by atoms with Gasteiger partial charge in [0.2, 0.25) is 11.8 Å². The number of nitriles is 1. The number of ether oxygens (including phenoxy) is 1. The Morgan fingerprint density at radius 2 is 1.76 bits per heavy atom. The van der Waals surface area contributed by atoms with Crippen molar-refractivity contribution < 1.29 is 14.3 Å². The lowest BCUT2D eigenvalue weighted by molar-refractivity contribution is -0.130. The van der Waals surface area contributed by atoms with E-state index in [9.17, 15) is 9.59 Å². The van der Waals surface area contributed by atoms with Crippen LogP contribution in [0.3, 0.4) is 0 Å². The molecule has 6 nitrogen and oxygen atoms in total. The second-order valence-electron chi connectivity index (χ2n) is 5.51. The van der Waals surface area contributed by atoms with Crippen LogP contribution >= 0.6 is 0 Å². The van der Waals surface area contributed by atoms with E-state index in [4.69, 9.17) is 15.7 Å². The number of carbonyl (C=O) groups excluding carboxylic acids is 2. The van der Waals surface area contributed by atoms with Crippen LogP contribution in [-0.2, 0) is 27.4 Å². The van der Waals surface area contributed by atoms with Gasteiger partial charge in [-0.2, -0.15) is 5.26 Å². The Kier molecular flexibility index (Phi) is 6.69. The minimum atomic E-state index is -0.833. The summed E-state index contributed by atoms with van der Waals surface area (Å²) in [4.78, 5) is 23.5. The van der Waals surface area contributed by atoms with E-state index in [1.54, 1.807) is 24.3 Å². The fourth-order valence-electron chi connectivity index (χ4n) is 2.25. The van der Waals surface area contributed by atoms with E-state index >= 15 is 0 Å². The number of primary amides is 1. The molecule has 0 saturated carbocycles. The Balaban J connectivity index is 1.84. The molecule has 0 fully saturated rings. The third-order valence-electron chi connectivity index (χ3n) is 3.55. The third-order valence-corrected chi connectivity index (χ3v) is 3.55. The van der Waals surface area contributed by atoms with Gasteiger partial charge in [0.1, 0.15) is 12.6 Å². The van der Waals surface area contributed by atoms with Crippen molar-refractivity contribution in [2.24, 2.45) is 5.73 Å². The van der Waals surface area contributed by atoms with E-state index in [1.807, 2.05) is 36.4 Å². The van der Waals surface area contributed by atoms with Crippen LogP contribution < -0.4 is 11.1 Å². The quantitative estimate of drug-likeness (QED) is 0.757. The molecular weight excluding hydrogens is 318 g/mol. The maximum Gasteiger partial charge on any atom is 0.246 e. The maximum absolute atomic E-state index is 12.0. The average molecular weight is 337 g/mol. The van der Waals surface area contributed by atoms with Gasteiger partial charge in [0.05, 0.1) is 18.2 Å². The molecule has 0 aliphatic rings. The zero-order chi connectivity index (χ0) is 18.1. The normalized spacial score (nSPS) is 11.3. The van der Waals surface area contributed by atoms with E-state index in [0.29, 0.717) is 12.2 Å². The predicted molar refractivity (Wildman–Crippen MR) is 92.1 cm³/mol. The predicted octanol–water partition coefficient (Wildman–Crippen LogP) is 1.29. The van der Waals surface area contributed by atoms with Crippen LogP contribution in [0.1, 0.15) is 16.7 Å². The van der Waals surface area contributed by atoms with E-state index in [2.05, 4.69) is 5.32 Å². The molecule has 0 aromatic heterocycles. The summed E-state index contributed by atoms with van der Waals surface area (Å²) in [5.74, 6) is -1.03. The van der Waals surface area contributed by atoms with Crippen LogP contribution in [0.4, 0.5) is 0 Å². The Labute approximate surface area is 146 Å². The van der Waals surface area contributed by atoms with Crippen molar-refractivity contribution in [1.29, 1.82) is 5.26 Å². The summed E-state index contributed by atoms with van der Waals surface area (Å²) in [5, 5.41) is 11.4. The van der Waals surface area contributed by atoms with Crippen LogP contribution in [0.25, 0.3) is 0 Å². The van der Waals surface area contributed by atoms with Gasteiger partial charge >= 0.3 is 0 Å². The third kappa shape index (κ3) is 6.09. The lowest BCUT2D eigenvalue weighted by Crippen LogP contribution is -2.47. The van der Waals surface area contributed by atoms with Crippen LogP contribution in [0, 0.1) is 11.3 Å². The summed E-state index contributed by atoms with van der Waals surface area (Å²) in [6, 6.07) is 17.4. The number of hydrogen-bond donors (Lipinski definition) is 2. The molecule has 25 heavy (non-hydrogen) atoms. The van der Waals surface area contributed by atoms with Gasteiger partial charge in [0, 0.05) is 6.42 Å². The molecule has 0 saturated heterocycles. The van der Waals surface area contributed by atoms with Crippen LogP contribution in [0.2, 0.25) is 0 Å². The molecule has 128 valence electrons. The van der Waals surface area contributed by atoms with Crippen molar-refractivity contribution in [2.45, 2.75) is 19.1 Å². The Morgan fingerprint density at radius 3 is 2.36 bits per heavy atom. The van der Waals surface area contributed by atoms with Crippen molar-refractivity contribution >= 4 is 11.8 Å². The Morgan fingerprint density at radius 1 is 1.08 bits per heavy atom. The highest BCUT2D eigenvalue weighted by Crippen LogP contribution is 2.07. The molecule has 6 heteroatoms. The van der Waals surface area contributed by atoms with E-state index < -0.39 is 17.9 Å². The number of rotatable bonds is 8. The fourth-order valence-corrected chi connectivity index (χ4v) is 2.25. The van der Waals surface area contributed by atoms with Crippen molar-refractivity contribution in [2.75, 3.05) is 6.61 Å². The minimum absolute atomic E-state index is 0.161. The molecule has 0 aliphatic carbocycles. The first-order chi connectivity index (χ1) is 12.1. The highest BCUT2D eigenvalue weighted by Gasteiger charge is 2.18. The van der Waals surface area contributed by atoms with Gasteiger partial charge in [-0.3, -0.25) is 9.59 Å². The molecule has 2 amide bonds. The first-order valence-corrected chi connectivity index (χ1v) is 7.78. The van der Waals surface area contributed by atoms with E-state index in [1.165, 1.54) is 0 Å². The maximum atomic E-state index is 12.0. The Bertz CT molecular complexity index is 752. The summed E-state index contributed by atoms with van der Waals surface area (Å²) in [6.45, 7) is 0.150. The van der Waals surface area contributed by atoms with Gasteiger partial charge in [-0.05, 0) is 23.3 Å². The molecule has 1 atom stereocenters. The van der Waals surface area contributed by atoms with Crippen LogP contribution in [0.5, 0.6) is 0 Å². The molecule has 2 aromatic rings. The van der Waals surface area contributed by atoms with E-state index in [0.717, 1.165) is 11.1 Å². The van der Waals surface area contributed by atoms with Crippen LogP contribution in [0.15, 0.2) is 54.6 Å². The number of hydrogen-bond acceptors (Lipinski definition) is 4. The summed E-state index contributed by atoms with van der Waals surface area (Å²) >= 11 is 0. The average Bonchev–Trinajstić information content (AvgIpc) is 2.62. The number of amides is 2. The number of nitrogens with zero attached hydrogens (tertiary/aromatic N) is 1. The smallest absolute Gasteiger partial charge is 0.246 e. The summed E-state index contributed by atoms with van der Waals surface area (Å²) in [6.07, 6.45) is 0.255. The molecule has 0 aliphatic heterocycles. The van der Waals surface area contributed by atoms with Gasteiger partial charge < -0.3 is 15.8 Å². The molecule has 0 bridgehead atoms. The first kappa shape index (κ1) is 18.2. The van der Waals surface area contributed by atoms with Crippen molar-refractivity contribution in [3.63, 3.8) is 0 Å². The number of carbonyl (C=O) groups is 2. The molecule has 0 heterocycles. The number of nitrogens with two attached hydrogens (primary N) is 1.